The zero-order valence-corrected chi connectivity index (χ0v) is 14.9. The lowest BCUT2D eigenvalue weighted by Gasteiger charge is -2.30. The molecule has 1 aromatic carbocycles. The Morgan fingerprint density at radius 2 is 2.15 bits per heavy atom. The minimum atomic E-state index is -0.308. The number of thiazole rings is 1. The van der Waals surface area contributed by atoms with Crippen molar-refractivity contribution in [3.05, 3.63) is 53.4 Å². The van der Waals surface area contributed by atoms with Crippen LogP contribution in [-0.4, -0.2) is 34.8 Å². The van der Waals surface area contributed by atoms with E-state index in [0.29, 0.717) is 18.8 Å². The van der Waals surface area contributed by atoms with Gasteiger partial charge in [0.2, 0.25) is 0 Å². The van der Waals surface area contributed by atoms with Crippen LogP contribution in [0.2, 0.25) is 0 Å². The predicted octanol–water partition coefficient (Wildman–Crippen LogP) is 3.48. The van der Waals surface area contributed by atoms with Crippen LogP contribution >= 0.6 is 11.3 Å². The van der Waals surface area contributed by atoms with Gasteiger partial charge in [-0.05, 0) is 37.1 Å². The maximum Gasteiger partial charge on any atom is 0.311 e. The molecule has 3 heterocycles. The van der Waals surface area contributed by atoms with Gasteiger partial charge in [0.1, 0.15) is 11.6 Å². The van der Waals surface area contributed by atoms with Gasteiger partial charge in [-0.2, -0.15) is 0 Å². The first-order valence-corrected chi connectivity index (χ1v) is 9.36. The van der Waals surface area contributed by atoms with E-state index in [1.807, 2.05) is 24.3 Å². The highest BCUT2D eigenvalue weighted by Gasteiger charge is 2.31. The molecule has 1 amide bonds. The number of hydrogen-bond donors (Lipinski definition) is 0. The number of carbonyl (C=O) groups excluding carboxylic acids is 2. The van der Waals surface area contributed by atoms with Crippen LogP contribution in [0.3, 0.4) is 0 Å². The molecule has 1 fully saturated rings. The Balaban J connectivity index is 1.36. The quantitative estimate of drug-likeness (QED) is 0.658. The Morgan fingerprint density at radius 3 is 2.96 bits per heavy atom. The number of benzene rings is 1. The Labute approximate surface area is 154 Å². The molecule has 1 saturated heterocycles. The molecule has 6 nitrogen and oxygen atoms in total. The maximum atomic E-state index is 12.4. The molecule has 0 bridgehead atoms. The number of likely N-dealkylation sites (tertiary alicyclic amines) is 1. The molecule has 0 radical (unpaired) electrons. The van der Waals surface area contributed by atoms with E-state index in [9.17, 15) is 9.59 Å². The van der Waals surface area contributed by atoms with Crippen LogP contribution in [0.5, 0.6) is 0 Å². The van der Waals surface area contributed by atoms with Crippen LogP contribution in [0.4, 0.5) is 0 Å². The fourth-order valence-electron chi connectivity index (χ4n) is 3.14. The predicted molar refractivity (Wildman–Crippen MR) is 96.8 cm³/mol. The highest BCUT2D eigenvalue weighted by atomic mass is 32.1. The first-order valence-electron chi connectivity index (χ1n) is 8.54. The van der Waals surface area contributed by atoms with Crippen LogP contribution in [0, 0.1) is 5.92 Å². The van der Waals surface area contributed by atoms with E-state index in [1.165, 1.54) is 17.6 Å². The largest absolute Gasteiger partial charge is 0.459 e. The number of aromatic nitrogens is 1. The number of furan rings is 1. The number of piperidine rings is 1. The van der Waals surface area contributed by atoms with Crippen LogP contribution in [0.15, 0.2) is 47.1 Å². The second-order valence-corrected chi connectivity index (χ2v) is 7.37. The Kier molecular flexibility index (Phi) is 4.71. The zero-order valence-electron chi connectivity index (χ0n) is 14.1. The SMILES string of the molecule is O=C(OCc1nc2ccccc2s1)[C@H]1CCCN(C(=O)c2ccco2)C1. The Bertz CT molecular complexity index is 886. The monoisotopic (exact) mass is 370 g/mol. The molecular weight excluding hydrogens is 352 g/mol. The first kappa shape index (κ1) is 16.8. The van der Waals surface area contributed by atoms with Gasteiger partial charge in [0, 0.05) is 13.1 Å². The summed E-state index contributed by atoms with van der Waals surface area (Å²) in [5.74, 6) is -0.467. The van der Waals surface area contributed by atoms with Crippen molar-refractivity contribution < 1.29 is 18.7 Å². The molecule has 2 aromatic heterocycles. The third-order valence-corrected chi connectivity index (χ3v) is 5.46. The molecule has 7 heteroatoms. The van der Waals surface area contributed by atoms with E-state index in [1.54, 1.807) is 17.0 Å². The summed E-state index contributed by atoms with van der Waals surface area (Å²) in [6.07, 6.45) is 2.97. The molecule has 26 heavy (non-hydrogen) atoms. The third kappa shape index (κ3) is 3.48. The number of esters is 1. The van der Waals surface area contributed by atoms with Gasteiger partial charge < -0.3 is 14.1 Å². The summed E-state index contributed by atoms with van der Waals surface area (Å²) in [5, 5.41) is 0.777. The molecule has 4 rings (SSSR count). The number of para-hydroxylation sites is 1. The fraction of sp³-hybridized carbons (Fsp3) is 0.316. The summed E-state index contributed by atoms with van der Waals surface area (Å²) < 4.78 is 11.7. The summed E-state index contributed by atoms with van der Waals surface area (Å²) in [5.41, 5.74) is 0.913. The van der Waals surface area contributed by atoms with Crippen molar-refractivity contribution in [2.24, 2.45) is 5.92 Å². The average molecular weight is 370 g/mol. The number of ether oxygens (including phenoxy) is 1. The third-order valence-electron chi connectivity index (χ3n) is 4.45. The first-order chi connectivity index (χ1) is 12.7. The molecule has 1 aliphatic rings. The number of amides is 1. The summed E-state index contributed by atoms with van der Waals surface area (Å²) in [6, 6.07) is 11.2. The van der Waals surface area contributed by atoms with Gasteiger partial charge in [-0.15, -0.1) is 11.3 Å². The van der Waals surface area contributed by atoms with Crippen molar-refractivity contribution in [3.63, 3.8) is 0 Å². The number of hydrogen-bond acceptors (Lipinski definition) is 6. The average Bonchev–Trinajstić information content (AvgIpc) is 3.35. The van der Waals surface area contributed by atoms with Crippen LogP contribution < -0.4 is 0 Å². The van der Waals surface area contributed by atoms with Gasteiger partial charge in [-0.1, -0.05) is 12.1 Å². The van der Waals surface area contributed by atoms with E-state index in [2.05, 4.69) is 4.98 Å². The summed E-state index contributed by atoms with van der Waals surface area (Å²) in [7, 11) is 0. The van der Waals surface area contributed by atoms with E-state index < -0.39 is 0 Å². The van der Waals surface area contributed by atoms with Crippen LogP contribution in [-0.2, 0) is 16.1 Å². The smallest absolute Gasteiger partial charge is 0.311 e. The molecule has 134 valence electrons. The lowest BCUT2D eigenvalue weighted by Crippen LogP contribution is -2.42. The molecule has 0 aliphatic carbocycles. The lowest BCUT2D eigenvalue weighted by atomic mass is 9.98. The van der Waals surface area contributed by atoms with E-state index >= 15 is 0 Å². The molecule has 1 atom stereocenters. The molecule has 3 aromatic rings. The molecule has 0 N–H and O–H groups in total. The second kappa shape index (κ2) is 7.29. The van der Waals surface area contributed by atoms with Gasteiger partial charge in [0.05, 0.1) is 22.4 Å². The maximum absolute atomic E-state index is 12.4. The van der Waals surface area contributed by atoms with Crippen molar-refractivity contribution in [2.75, 3.05) is 13.1 Å². The molecule has 0 unspecified atom stereocenters. The van der Waals surface area contributed by atoms with Crippen molar-refractivity contribution in [1.82, 2.24) is 9.88 Å². The minimum Gasteiger partial charge on any atom is -0.459 e. The highest BCUT2D eigenvalue weighted by molar-refractivity contribution is 7.18. The van der Waals surface area contributed by atoms with Crippen molar-refractivity contribution in [3.8, 4) is 0 Å². The molecule has 1 aliphatic heterocycles. The zero-order chi connectivity index (χ0) is 17.9. The minimum absolute atomic E-state index is 0.167. The second-order valence-electron chi connectivity index (χ2n) is 6.25. The summed E-state index contributed by atoms with van der Waals surface area (Å²) in [4.78, 5) is 30.9. The van der Waals surface area contributed by atoms with Gasteiger partial charge in [-0.3, -0.25) is 9.59 Å². The van der Waals surface area contributed by atoms with Crippen LogP contribution in [0.1, 0.15) is 28.4 Å². The normalized spacial score (nSPS) is 17.4. The fourth-order valence-corrected chi connectivity index (χ4v) is 4.02. The standard InChI is InChI=1S/C19H18N2O4S/c22-18(15-7-4-10-24-15)21-9-3-5-13(11-21)19(23)25-12-17-20-14-6-1-2-8-16(14)26-17/h1-2,4,6-8,10,13H,3,5,9,11-12H2/t13-/m0/s1. The topological polar surface area (TPSA) is 72.6 Å². The molecular formula is C19H18N2O4S. The van der Waals surface area contributed by atoms with Crippen LogP contribution in [0.25, 0.3) is 10.2 Å². The van der Waals surface area contributed by atoms with Gasteiger partial charge in [0.15, 0.2) is 5.76 Å². The molecule has 0 spiro atoms. The number of nitrogens with zero attached hydrogens (tertiary/aromatic N) is 2. The van der Waals surface area contributed by atoms with E-state index in [-0.39, 0.29) is 24.4 Å². The van der Waals surface area contributed by atoms with Gasteiger partial charge in [-0.25, -0.2) is 4.98 Å². The highest BCUT2D eigenvalue weighted by Crippen LogP contribution is 2.24. The number of rotatable bonds is 4. The van der Waals surface area contributed by atoms with Gasteiger partial charge >= 0.3 is 5.97 Å². The number of carbonyl (C=O) groups is 2. The van der Waals surface area contributed by atoms with Crippen molar-refractivity contribution >= 4 is 33.4 Å². The van der Waals surface area contributed by atoms with Crippen molar-refractivity contribution in [2.45, 2.75) is 19.4 Å². The Hall–Kier alpha value is -2.67. The van der Waals surface area contributed by atoms with E-state index in [0.717, 1.165) is 28.1 Å². The Morgan fingerprint density at radius 1 is 1.27 bits per heavy atom. The van der Waals surface area contributed by atoms with Gasteiger partial charge in [0.25, 0.3) is 5.91 Å². The number of fused-ring (bicyclic) bond motifs is 1. The summed E-state index contributed by atoms with van der Waals surface area (Å²) in [6.45, 7) is 1.15. The lowest BCUT2D eigenvalue weighted by molar-refractivity contribution is -0.151. The summed E-state index contributed by atoms with van der Waals surface area (Å²) >= 11 is 1.52. The van der Waals surface area contributed by atoms with E-state index in [4.69, 9.17) is 9.15 Å². The van der Waals surface area contributed by atoms with Crippen molar-refractivity contribution in [1.29, 1.82) is 0 Å². The molecule has 0 saturated carbocycles.